The van der Waals surface area contributed by atoms with Gasteiger partial charge in [0.15, 0.2) is 5.13 Å². The minimum absolute atomic E-state index is 0.104. The van der Waals surface area contributed by atoms with E-state index in [-0.39, 0.29) is 18.2 Å². The Bertz CT molecular complexity index is 1290. The van der Waals surface area contributed by atoms with Crippen LogP contribution in [-0.2, 0) is 6.42 Å². The molecule has 7 nitrogen and oxygen atoms in total. The molecule has 0 unspecified atom stereocenters. The summed E-state index contributed by atoms with van der Waals surface area (Å²) in [4.78, 5) is 11.7. The number of rotatable bonds is 5. The van der Waals surface area contributed by atoms with Crippen molar-refractivity contribution in [1.82, 2.24) is 14.4 Å². The summed E-state index contributed by atoms with van der Waals surface area (Å²) >= 11 is 1.66. The van der Waals surface area contributed by atoms with E-state index in [0.717, 1.165) is 84.7 Å². The Morgan fingerprint density at radius 3 is 2.74 bits per heavy atom. The van der Waals surface area contributed by atoms with Crippen molar-refractivity contribution < 1.29 is 10.2 Å². The minimum atomic E-state index is -0.284. The van der Waals surface area contributed by atoms with Crippen LogP contribution in [0, 0.1) is 0 Å². The van der Waals surface area contributed by atoms with Gasteiger partial charge in [-0.3, -0.25) is 0 Å². The van der Waals surface area contributed by atoms with Gasteiger partial charge in [-0.25, -0.2) is 9.97 Å². The molecule has 2 aliphatic rings. The van der Waals surface area contributed by atoms with E-state index >= 15 is 0 Å². The van der Waals surface area contributed by atoms with Crippen LogP contribution in [0.4, 0.5) is 10.8 Å². The van der Waals surface area contributed by atoms with Gasteiger partial charge in [0.05, 0.1) is 28.5 Å². The topological polar surface area (TPSA) is 85.9 Å². The fourth-order valence-corrected chi connectivity index (χ4v) is 6.25. The summed E-state index contributed by atoms with van der Waals surface area (Å²) in [5.41, 5.74) is 5.51. The third kappa shape index (κ3) is 4.37. The highest BCUT2D eigenvalue weighted by Crippen LogP contribution is 2.30. The molecule has 1 aromatic carbocycles. The SMILES string of the molecule is OC1CCN(c2ccn3c(Cc4ccc5nc(N[C@@H]6CCCC[C@H]6O)sc5c4)cnc3c2)CC1. The minimum Gasteiger partial charge on any atom is -0.393 e. The van der Waals surface area contributed by atoms with Crippen LogP contribution in [0.3, 0.4) is 0 Å². The Balaban J connectivity index is 1.19. The lowest BCUT2D eigenvalue weighted by Crippen LogP contribution is -2.36. The Labute approximate surface area is 203 Å². The van der Waals surface area contributed by atoms with Crippen molar-refractivity contribution in [3.8, 4) is 0 Å². The molecule has 0 spiro atoms. The lowest BCUT2D eigenvalue weighted by molar-refractivity contribution is 0.116. The summed E-state index contributed by atoms with van der Waals surface area (Å²) in [7, 11) is 0. The van der Waals surface area contributed by atoms with Crippen LogP contribution in [0.2, 0.25) is 0 Å². The second kappa shape index (κ2) is 9.17. The predicted molar refractivity (Wildman–Crippen MR) is 137 cm³/mol. The van der Waals surface area contributed by atoms with Gasteiger partial charge < -0.3 is 24.8 Å². The molecule has 3 aromatic heterocycles. The van der Waals surface area contributed by atoms with Crippen LogP contribution in [-0.4, -0.2) is 55.9 Å². The van der Waals surface area contributed by atoms with Gasteiger partial charge in [0.2, 0.25) is 0 Å². The molecule has 1 aliphatic carbocycles. The molecule has 1 aliphatic heterocycles. The number of piperidine rings is 1. The van der Waals surface area contributed by atoms with Crippen LogP contribution in [0.15, 0.2) is 42.7 Å². The smallest absolute Gasteiger partial charge is 0.184 e. The molecule has 0 bridgehead atoms. The summed E-state index contributed by atoms with van der Waals surface area (Å²) in [6, 6.07) is 10.9. The van der Waals surface area contributed by atoms with E-state index < -0.39 is 0 Å². The van der Waals surface area contributed by atoms with E-state index in [9.17, 15) is 10.2 Å². The van der Waals surface area contributed by atoms with Gasteiger partial charge in [0, 0.05) is 49.4 Å². The Morgan fingerprint density at radius 2 is 1.88 bits per heavy atom. The molecule has 2 atom stereocenters. The third-order valence-electron chi connectivity index (χ3n) is 7.28. The fourth-order valence-electron chi connectivity index (χ4n) is 5.26. The van der Waals surface area contributed by atoms with Gasteiger partial charge in [-0.05, 0) is 49.4 Å². The molecule has 0 amide bonds. The van der Waals surface area contributed by atoms with E-state index in [1.54, 1.807) is 11.3 Å². The second-order valence-electron chi connectivity index (χ2n) is 9.68. The van der Waals surface area contributed by atoms with Crippen LogP contribution in [0.1, 0.15) is 49.8 Å². The largest absolute Gasteiger partial charge is 0.393 e. The summed E-state index contributed by atoms with van der Waals surface area (Å²) in [5.74, 6) is 0. The molecule has 8 heteroatoms. The zero-order valence-corrected chi connectivity index (χ0v) is 20.0. The first-order valence-corrected chi connectivity index (χ1v) is 13.2. The van der Waals surface area contributed by atoms with E-state index in [0.29, 0.717) is 0 Å². The number of imidazole rings is 1. The number of aromatic nitrogens is 3. The van der Waals surface area contributed by atoms with Crippen molar-refractivity contribution in [2.75, 3.05) is 23.3 Å². The van der Waals surface area contributed by atoms with Crippen LogP contribution in [0.5, 0.6) is 0 Å². The molecule has 34 heavy (non-hydrogen) atoms. The lowest BCUT2D eigenvalue weighted by Gasteiger charge is -2.31. The second-order valence-corrected chi connectivity index (χ2v) is 10.7. The first-order chi connectivity index (χ1) is 16.6. The van der Waals surface area contributed by atoms with Crippen LogP contribution >= 0.6 is 11.3 Å². The summed E-state index contributed by atoms with van der Waals surface area (Å²) < 4.78 is 3.32. The number of hydrogen-bond acceptors (Lipinski definition) is 7. The number of hydrogen-bond donors (Lipinski definition) is 3. The number of thiazole rings is 1. The van der Waals surface area contributed by atoms with Crippen molar-refractivity contribution in [3.63, 3.8) is 0 Å². The van der Waals surface area contributed by atoms with Gasteiger partial charge in [-0.2, -0.15) is 0 Å². The standard InChI is InChI=1S/C26H31N5O2S/c32-20-8-10-30(11-9-20)18-7-12-31-19(16-27-25(31)15-18)13-17-5-6-22-24(14-17)34-26(29-22)28-21-3-1-2-4-23(21)33/h5-7,12,14-16,20-21,23,32-33H,1-4,8-11,13H2,(H,28,29)/t21-,23-/m1/s1. The summed E-state index contributed by atoms with van der Waals surface area (Å²) in [6.07, 6.45) is 10.2. The maximum atomic E-state index is 10.3. The molecule has 4 aromatic rings. The lowest BCUT2D eigenvalue weighted by atomic mass is 9.93. The Hall–Kier alpha value is -2.68. The van der Waals surface area contributed by atoms with Gasteiger partial charge in [-0.15, -0.1) is 0 Å². The molecule has 6 rings (SSSR count). The quantitative estimate of drug-likeness (QED) is 0.399. The van der Waals surface area contributed by atoms with Crippen LogP contribution in [0.25, 0.3) is 15.9 Å². The third-order valence-corrected chi connectivity index (χ3v) is 8.23. The highest BCUT2D eigenvalue weighted by Gasteiger charge is 2.24. The summed E-state index contributed by atoms with van der Waals surface area (Å²) in [5, 5.41) is 24.4. The molecule has 0 radical (unpaired) electrons. The maximum Gasteiger partial charge on any atom is 0.184 e. The maximum absolute atomic E-state index is 10.3. The van der Waals surface area contributed by atoms with Gasteiger partial charge in [0.1, 0.15) is 5.65 Å². The average Bonchev–Trinajstić information content (AvgIpc) is 3.44. The zero-order valence-electron chi connectivity index (χ0n) is 19.2. The van der Waals surface area contributed by atoms with Crippen molar-refractivity contribution >= 4 is 38.0 Å². The molecule has 2 fully saturated rings. The number of anilines is 2. The van der Waals surface area contributed by atoms with E-state index in [1.165, 1.54) is 11.3 Å². The number of pyridine rings is 1. The number of aliphatic hydroxyl groups excluding tert-OH is 2. The highest BCUT2D eigenvalue weighted by molar-refractivity contribution is 7.22. The van der Waals surface area contributed by atoms with E-state index in [4.69, 9.17) is 4.98 Å². The van der Waals surface area contributed by atoms with Gasteiger partial charge in [0.25, 0.3) is 0 Å². The molecular weight excluding hydrogens is 446 g/mol. The average molecular weight is 478 g/mol. The number of fused-ring (bicyclic) bond motifs is 2. The number of nitrogens with zero attached hydrogens (tertiary/aromatic N) is 4. The molecule has 1 saturated heterocycles. The van der Waals surface area contributed by atoms with Crippen LogP contribution < -0.4 is 10.2 Å². The van der Waals surface area contributed by atoms with Crippen molar-refractivity contribution in [1.29, 1.82) is 0 Å². The van der Waals surface area contributed by atoms with Crippen molar-refractivity contribution in [2.24, 2.45) is 0 Å². The fraction of sp³-hybridized carbons (Fsp3) is 0.462. The number of benzene rings is 1. The first kappa shape index (κ1) is 21.8. The molecule has 4 heterocycles. The Kier molecular flexibility index (Phi) is 5.89. The Morgan fingerprint density at radius 1 is 1.03 bits per heavy atom. The molecule has 1 saturated carbocycles. The monoisotopic (exact) mass is 477 g/mol. The van der Waals surface area contributed by atoms with Crippen molar-refractivity contribution in [3.05, 3.63) is 54.0 Å². The first-order valence-electron chi connectivity index (χ1n) is 12.4. The molecule has 3 N–H and O–H groups in total. The van der Waals surface area contributed by atoms with E-state index in [1.807, 2.05) is 6.20 Å². The number of aliphatic hydroxyl groups is 2. The molecule has 178 valence electrons. The summed E-state index contributed by atoms with van der Waals surface area (Å²) in [6.45, 7) is 1.77. The zero-order chi connectivity index (χ0) is 23.1. The number of nitrogens with one attached hydrogen (secondary N) is 1. The van der Waals surface area contributed by atoms with Crippen molar-refractivity contribution in [2.45, 2.75) is 63.2 Å². The highest BCUT2D eigenvalue weighted by atomic mass is 32.1. The van der Waals surface area contributed by atoms with Gasteiger partial charge >= 0.3 is 0 Å². The molecular formula is C26H31N5O2S. The predicted octanol–water partition coefficient (Wildman–Crippen LogP) is 4.21. The normalized spacial score (nSPS) is 22.0. The van der Waals surface area contributed by atoms with E-state index in [2.05, 4.69) is 56.1 Å². The van der Waals surface area contributed by atoms with Gasteiger partial charge in [-0.1, -0.05) is 30.2 Å².